The monoisotopic (exact) mass is 523 g/mol. The van der Waals surface area contributed by atoms with Crippen LogP contribution in [0.1, 0.15) is 28.4 Å². The summed E-state index contributed by atoms with van der Waals surface area (Å²) in [6.45, 7) is 0.594. The number of alkyl halides is 1. The second kappa shape index (κ2) is 13.1. The lowest BCUT2D eigenvalue weighted by Gasteiger charge is -2.38. The number of pyridine rings is 1. The third-order valence-corrected chi connectivity index (χ3v) is 6.67. The largest absolute Gasteiger partial charge is 0.496 e. The molecule has 0 radical (unpaired) electrons. The standard InChI is InChI=1S/C29H34FN3O5/c1-35-25-8-7-20(17-27(25)37-3)16-23-29-22(24(38-15-12-30)9-10-26(29)36-2)11-14-33(23)19-28(34)32-18-21-6-4-5-13-31-21/h4-10,13,17,23H,11-12,14-16,18-19H2,1-3H3,(H,32,34). The van der Waals surface area contributed by atoms with Crippen LogP contribution in [0.4, 0.5) is 4.39 Å². The summed E-state index contributed by atoms with van der Waals surface area (Å²) in [7, 11) is 4.83. The van der Waals surface area contributed by atoms with Gasteiger partial charge in [-0.25, -0.2) is 4.39 Å². The maximum absolute atomic E-state index is 13.0. The van der Waals surface area contributed by atoms with Crippen molar-refractivity contribution >= 4 is 5.91 Å². The van der Waals surface area contributed by atoms with Gasteiger partial charge in [0.05, 0.1) is 40.1 Å². The first-order chi connectivity index (χ1) is 18.6. The Labute approximate surface area is 222 Å². The van der Waals surface area contributed by atoms with Crippen LogP contribution in [0, 0.1) is 0 Å². The lowest BCUT2D eigenvalue weighted by molar-refractivity contribution is -0.123. The van der Waals surface area contributed by atoms with Gasteiger partial charge >= 0.3 is 0 Å². The molecule has 8 nitrogen and oxygen atoms in total. The highest BCUT2D eigenvalue weighted by molar-refractivity contribution is 5.78. The van der Waals surface area contributed by atoms with Crippen LogP contribution in [-0.2, 0) is 24.2 Å². The van der Waals surface area contributed by atoms with E-state index in [2.05, 4.69) is 15.2 Å². The van der Waals surface area contributed by atoms with Crippen molar-refractivity contribution in [1.82, 2.24) is 15.2 Å². The molecular formula is C29H34FN3O5. The molecule has 3 aromatic rings. The zero-order chi connectivity index (χ0) is 26.9. The van der Waals surface area contributed by atoms with E-state index in [1.54, 1.807) is 27.5 Å². The third-order valence-electron chi connectivity index (χ3n) is 6.67. The number of methoxy groups -OCH3 is 3. The molecule has 1 aliphatic heterocycles. The molecule has 1 atom stereocenters. The second-order valence-corrected chi connectivity index (χ2v) is 8.92. The minimum atomic E-state index is -0.571. The number of nitrogens with zero attached hydrogens (tertiary/aromatic N) is 2. The Kier molecular flexibility index (Phi) is 9.37. The fraction of sp³-hybridized carbons (Fsp3) is 0.379. The van der Waals surface area contributed by atoms with Crippen molar-refractivity contribution in [2.24, 2.45) is 0 Å². The maximum atomic E-state index is 13.0. The number of aromatic nitrogens is 1. The smallest absolute Gasteiger partial charge is 0.234 e. The first-order valence-corrected chi connectivity index (χ1v) is 12.6. The van der Waals surface area contributed by atoms with Gasteiger partial charge in [-0.1, -0.05) is 12.1 Å². The highest BCUT2D eigenvalue weighted by Gasteiger charge is 2.33. The summed E-state index contributed by atoms with van der Waals surface area (Å²) >= 11 is 0. The number of ether oxygens (including phenoxy) is 4. The Hall–Kier alpha value is -3.85. The molecule has 0 bridgehead atoms. The minimum absolute atomic E-state index is 0.0151. The molecule has 1 aromatic heterocycles. The molecule has 2 heterocycles. The SMILES string of the molecule is COc1ccc(CC2c3c(OC)ccc(OCCF)c3CCN2CC(=O)NCc2ccccn2)cc1OC. The Morgan fingerprint density at radius 2 is 1.79 bits per heavy atom. The predicted molar refractivity (Wildman–Crippen MR) is 142 cm³/mol. The Balaban J connectivity index is 1.65. The van der Waals surface area contributed by atoms with Gasteiger partial charge in [0.25, 0.3) is 0 Å². The molecule has 9 heteroatoms. The molecule has 0 saturated carbocycles. The van der Waals surface area contributed by atoms with Crippen LogP contribution in [-0.4, -0.2) is 63.5 Å². The van der Waals surface area contributed by atoms with Gasteiger partial charge in [-0.2, -0.15) is 0 Å². The highest BCUT2D eigenvalue weighted by atomic mass is 19.1. The average molecular weight is 524 g/mol. The van der Waals surface area contributed by atoms with E-state index < -0.39 is 6.67 Å². The number of rotatable bonds is 12. The van der Waals surface area contributed by atoms with Gasteiger partial charge in [0.1, 0.15) is 24.8 Å². The molecule has 38 heavy (non-hydrogen) atoms. The van der Waals surface area contributed by atoms with Crippen LogP contribution < -0.4 is 24.3 Å². The third kappa shape index (κ3) is 6.34. The van der Waals surface area contributed by atoms with E-state index in [0.29, 0.717) is 48.9 Å². The molecular weight excluding hydrogens is 489 g/mol. The van der Waals surface area contributed by atoms with E-state index in [1.165, 1.54) is 0 Å². The van der Waals surface area contributed by atoms with Crippen molar-refractivity contribution in [2.45, 2.75) is 25.4 Å². The van der Waals surface area contributed by atoms with Gasteiger partial charge in [-0.05, 0) is 54.8 Å². The summed E-state index contributed by atoms with van der Waals surface area (Å²) in [6, 6.07) is 14.9. The van der Waals surface area contributed by atoms with Crippen molar-refractivity contribution in [3.8, 4) is 23.0 Å². The summed E-state index contributed by atoms with van der Waals surface area (Å²) in [5.41, 5.74) is 3.73. The van der Waals surface area contributed by atoms with Crippen LogP contribution >= 0.6 is 0 Å². The quantitative estimate of drug-likeness (QED) is 0.385. The Bertz CT molecular complexity index is 1220. The molecule has 1 amide bonds. The molecule has 0 aliphatic carbocycles. The number of hydrogen-bond donors (Lipinski definition) is 1. The van der Waals surface area contributed by atoms with Gasteiger partial charge < -0.3 is 24.3 Å². The molecule has 1 unspecified atom stereocenters. The first kappa shape index (κ1) is 27.2. The number of benzene rings is 2. The number of carbonyl (C=O) groups excluding carboxylic acids is 1. The van der Waals surface area contributed by atoms with Crippen molar-refractivity contribution < 1.29 is 28.1 Å². The van der Waals surface area contributed by atoms with Crippen LogP contribution in [0.5, 0.6) is 23.0 Å². The molecule has 0 spiro atoms. The normalized spacial score (nSPS) is 14.9. The van der Waals surface area contributed by atoms with Crippen molar-refractivity contribution in [3.63, 3.8) is 0 Å². The van der Waals surface area contributed by atoms with E-state index in [4.69, 9.17) is 18.9 Å². The van der Waals surface area contributed by atoms with Crippen molar-refractivity contribution in [3.05, 3.63) is 77.1 Å². The Morgan fingerprint density at radius 1 is 1.03 bits per heavy atom. The van der Waals surface area contributed by atoms with E-state index in [-0.39, 0.29) is 25.1 Å². The lowest BCUT2D eigenvalue weighted by atomic mass is 9.87. The number of carbonyl (C=O) groups is 1. The number of fused-ring (bicyclic) bond motifs is 1. The molecule has 202 valence electrons. The number of nitrogens with one attached hydrogen (secondary N) is 1. The first-order valence-electron chi connectivity index (χ1n) is 12.6. The van der Waals surface area contributed by atoms with Crippen molar-refractivity contribution in [2.75, 3.05) is 47.7 Å². The molecule has 0 saturated heterocycles. The van der Waals surface area contributed by atoms with E-state index in [1.807, 2.05) is 48.5 Å². The van der Waals surface area contributed by atoms with Gasteiger partial charge in [0.15, 0.2) is 11.5 Å². The molecule has 2 aromatic carbocycles. The molecule has 0 fully saturated rings. The maximum Gasteiger partial charge on any atom is 0.234 e. The zero-order valence-corrected chi connectivity index (χ0v) is 22.0. The second-order valence-electron chi connectivity index (χ2n) is 8.92. The summed E-state index contributed by atoms with van der Waals surface area (Å²) in [6.07, 6.45) is 2.94. The van der Waals surface area contributed by atoms with Crippen LogP contribution in [0.25, 0.3) is 0 Å². The topological polar surface area (TPSA) is 82.2 Å². The predicted octanol–water partition coefficient (Wildman–Crippen LogP) is 3.91. The number of amides is 1. The molecule has 1 aliphatic rings. The van der Waals surface area contributed by atoms with Crippen LogP contribution in [0.3, 0.4) is 0 Å². The fourth-order valence-electron chi connectivity index (χ4n) is 4.89. The van der Waals surface area contributed by atoms with Crippen molar-refractivity contribution in [1.29, 1.82) is 0 Å². The Morgan fingerprint density at radius 3 is 2.50 bits per heavy atom. The van der Waals surface area contributed by atoms with Crippen LogP contribution in [0.15, 0.2) is 54.7 Å². The van der Waals surface area contributed by atoms with E-state index >= 15 is 0 Å². The zero-order valence-electron chi connectivity index (χ0n) is 22.0. The summed E-state index contributed by atoms with van der Waals surface area (Å²) < 4.78 is 35.4. The fourth-order valence-corrected chi connectivity index (χ4v) is 4.89. The summed E-state index contributed by atoms with van der Waals surface area (Å²) in [4.78, 5) is 19.5. The molecule has 1 N–H and O–H groups in total. The lowest BCUT2D eigenvalue weighted by Crippen LogP contribution is -2.43. The number of hydrogen-bond acceptors (Lipinski definition) is 7. The van der Waals surface area contributed by atoms with E-state index in [9.17, 15) is 9.18 Å². The summed E-state index contributed by atoms with van der Waals surface area (Å²) in [5, 5.41) is 2.98. The number of halogens is 1. The van der Waals surface area contributed by atoms with Gasteiger partial charge in [-0.3, -0.25) is 14.7 Å². The van der Waals surface area contributed by atoms with Gasteiger partial charge in [-0.15, -0.1) is 0 Å². The van der Waals surface area contributed by atoms with Crippen LogP contribution in [0.2, 0.25) is 0 Å². The summed E-state index contributed by atoms with van der Waals surface area (Å²) in [5.74, 6) is 2.53. The highest BCUT2D eigenvalue weighted by Crippen LogP contribution is 2.43. The van der Waals surface area contributed by atoms with E-state index in [0.717, 1.165) is 22.4 Å². The minimum Gasteiger partial charge on any atom is -0.496 e. The average Bonchev–Trinajstić information content (AvgIpc) is 2.96. The molecule has 4 rings (SSSR count). The van der Waals surface area contributed by atoms with Gasteiger partial charge in [0.2, 0.25) is 5.91 Å². The van der Waals surface area contributed by atoms with Gasteiger partial charge in [0, 0.05) is 29.9 Å².